The van der Waals surface area contributed by atoms with Gasteiger partial charge in [0.1, 0.15) is 0 Å². The molecule has 0 atom stereocenters. The molecule has 0 aliphatic carbocycles. The van der Waals surface area contributed by atoms with Gasteiger partial charge in [-0.1, -0.05) is 155 Å². The Bertz CT molecular complexity index is 1790. The third-order valence-electron chi connectivity index (χ3n) is 11.0. The van der Waals surface area contributed by atoms with Crippen LogP contribution >= 0.6 is 0 Å². The van der Waals surface area contributed by atoms with Gasteiger partial charge >= 0.3 is 0 Å². The largest absolute Gasteiger partial charge is 0.490 e. The predicted octanol–water partition coefficient (Wildman–Crippen LogP) is 16.1. The molecule has 0 aliphatic rings. The highest BCUT2D eigenvalue weighted by atomic mass is 16.5. The average Bonchev–Trinajstić information content (AvgIpc) is 3.24. The van der Waals surface area contributed by atoms with Gasteiger partial charge < -0.3 is 18.9 Å². The molecule has 0 aromatic heterocycles. The van der Waals surface area contributed by atoms with Crippen molar-refractivity contribution in [2.24, 2.45) is 0 Å². The first-order chi connectivity index (χ1) is 28.6. The number of rotatable bonds is 28. The predicted molar refractivity (Wildman–Crippen MR) is 250 cm³/mol. The van der Waals surface area contributed by atoms with Crippen LogP contribution in [0.5, 0.6) is 23.0 Å². The molecule has 0 bridgehead atoms. The van der Waals surface area contributed by atoms with Gasteiger partial charge in [-0.05, 0) is 107 Å². The van der Waals surface area contributed by atoms with Crippen LogP contribution in [0.2, 0.25) is 0 Å². The van der Waals surface area contributed by atoms with E-state index in [2.05, 4.69) is 102 Å². The smallest absolute Gasteiger partial charge is 0.161 e. The van der Waals surface area contributed by atoms with E-state index in [0.29, 0.717) is 26.4 Å². The zero-order chi connectivity index (χ0) is 41.2. The van der Waals surface area contributed by atoms with Gasteiger partial charge in [0.2, 0.25) is 0 Å². The van der Waals surface area contributed by atoms with Crippen LogP contribution in [-0.2, 0) is 0 Å². The summed E-state index contributed by atoms with van der Waals surface area (Å²) in [6.07, 6.45) is 24.6. The Balaban J connectivity index is 2.02. The molecule has 4 nitrogen and oxygen atoms in total. The highest BCUT2D eigenvalue weighted by Crippen LogP contribution is 2.45. The molecule has 4 rings (SSSR count). The fourth-order valence-electron chi connectivity index (χ4n) is 7.40. The lowest BCUT2D eigenvalue weighted by Crippen LogP contribution is -2.04. The van der Waals surface area contributed by atoms with Crippen LogP contribution in [0.25, 0.3) is 32.3 Å². The van der Waals surface area contributed by atoms with Gasteiger partial charge in [-0.3, -0.25) is 0 Å². The molecular formula is C54H76O4. The highest BCUT2D eigenvalue weighted by molar-refractivity contribution is 6.26. The van der Waals surface area contributed by atoms with Gasteiger partial charge in [0, 0.05) is 24.0 Å². The number of fused-ring (bicyclic) bond motifs is 6. The fourth-order valence-corrected chi connectivity index (χ4v) is 7.40. The van der Waals surface area contributed by atoms with Crippen molar-refractivity contribution >= 4 is 32.3 Å². The van der Waals surface area contributed by atoms with Crippen LogP contribution in [0.15, 0.2) is 36.4 Å². The second-order valence-electron chi connectivity index (χ2n) is 16.1. The van der Waals surface area contributed by atoms with Crippen LogP contribution in [0.1, 0.15) is 194 Å². The van der Waals surface area contributed by atoms with Gasteiger partial charge in [-0.25, -0.2) is 0 Å². The van der Waals surface area contributed by atoms with E-state index in [1.807, 2.05) is 0 Å². The lowest BCUT2D eigenvalue weighted by atomic mass is 9.90. The van der Waals surface area contributed by atoms with E-state index in [4.69, 9.17) is 18.9 Å². The Morgan fingerprint density at radius 3 is 0.828 bits per heavy atom. The summed E-state index contributed by atoms with van der Waals surface area (Å²) in [6, 6.07) is 13.5. The molecule has 0 unspecified atom stereocenters. The van der Waals surface area contributed by atoms with Gasteiger partial charge in [0.25, 0.3) is 0 Å². The Hall–Kier alpha value is -4.02. The van der Waals surface area contributed by atoms with E-state index in [-0.39, 0.29) is 0 Å². The first-order valence-electron chi connectivity index (χ1n) is 23.6. The normalized spacial score (nSPS) is 11.1. The molecule has 0 aliphatic heterocycles. The monoisotopic (exact) mass is 789 g/mol. The van der Waals surface area contributed by atoms with Crippen molar-refractivity contribution in [1.29, 1.82) is 0 Å². The van der Waals surface area contributed by atoms with Gasteiger partial charge in [-0.15, -0.1) is 0 Å². The molecule has 0 saturated carbocycles. The minimum atomic E-state index is 0.670. The molecule has 4 aromatic carbocycles. The molecule has 58 heavy (non-hydrogen) atoms. The summed E-state index contributed by atoms with van der Waals surface area (Å²) >= 11 is 0. The average molecular weight is 789 g/mol. The lowest BCUT2D eigenvalue weighted by Gasteiger charge is -2.19. The summed E-state index contributed by atoms with van der Waals surface area (Å²) in [5.74, 6) is 17.4. The minimum absolute atomic E-state index is 0.670. The van der Waals surface area contributed by atoms with E-state index in [9.17, 15) is 0 Å². The number of benzene rings is 4. The van der Waals surface area contributed by atoms with Crippen LogP contribution in [0.4, 0.5) is 0 Å². The molecule has 0 N–H and O–H groups in total. The summed E-state index contributed by atoms with van der Waals surface area (Å²) in [7, 11) is 0. The van der Waals surface area contributed by atoms with Crippen LogP contribution in [0.3, 0.4) is 0 Å². The first kappa shape index (κ1) is 46.7. The van der Waals surface area contributed by atoms with Crippen molar-refractivity contribution in [3.05, 3.63) is 47.5 Å². The third kappa shape index (κ3) is 14.7. The van der Waals surface area contributed by atoms with E-state index in [1.54, 1.807) is 0 Å². The number of unbranched alkanes of at least 4 members (excludes halogenated alkanes) is 16. The molecule has 316 valence electrons. The van der Waals surface area contributed by atoms with Gasteiger partial charge in [-0.2, -0.15) is 0 Å². The van der Waals surface area contributed by atoms with Crippen LogP contribution < -0.4 is 18.9 Å². The number of hydrogen-bond acceptors (Lipinski definition) is 4. The lowest BCUT2D eigenvalue weighted by molar-refractivity contribution is 0.259. The summed E-state index contributed by atoms with van der Waals surface area (Å²) in [4.78, 5) is 0. The zero-order valence-corrected chi connectivity index (χ0v) is 37.5. The van der Waals surface area contributed by atoms with Crippen molar-refractivity contribution in [2.75, 3.05) is 26.4 Å². The molecule has 0 amide bonds. The molecule has 0 radical (unpaired) electrons. The maximum atomic E-state index is 6.63. The fraction of sp³-hybridized carbons (Fsp3) is 0.593. The standard InChI is InChI=1S/C54H76O4/c1-7-13-19-25-31-43-37-45-46(38-44(43)32-26-20-14-8-2)48-40-52(56-34-28-22-16-10-4)54(58-36-30-24-18-12-6)42-50(48)49-41-53(57-35-29-23-17-11-5)51(39-47(45)49)55-33-27-21-15-9-3/h37-42H,7-24,27-30,33-36H2,1-6H3. The quantitative estimate of drug-likeness (QED) is 0.0326. The second-order valence-corrected chi connectivity index (χ2v) is 16.1. The van der Waals surface area contributed by atoms with Crippen molar-refractivity contribution in [3.63, 3.8) is 0 Å². The topological polar surface area (TPSA) is 36.9 Å². The van der Waals surface area contributed by atoms with Gasteiger partial charge in [0.15, 0.2) is 23.0 Å². The Kier molecular flexibility index (Phi) is 22.2. The number of hydrogen-bond donors (Lipinski definition) is 0. The summed E-state index contributed by atoms with van der Waals surface area (Å²) in [6.45, 7) is 16.1. The van der Waals surface area contributed by atoms with E-state index in [1.165, 1.54) is 51.4 Å². The van der Waals surface area contributed by atoms with Crippen molar-refractivity contribution in [2.45, 2.75) is 183 Å². The Morgan fingerprint density at radius 2 is 0.569 bits per heavy atom. The summed E-state index contributed by atoms with van der Waals surface area (Å²) < 4.78 is 26.5. The maximum Gasteiger partial charge on any atom is 0.161 e. The molecule has 4 aromatic rings. The van der Waals surface area contributed by atoms with Crippen molar-refractivity contribution in [1.82, 2.24) is 0 Å². The minimum Gasteiger partial charge on any atom is -0.490 e. The van der Waals surface area contributed by atoms with Crippen molar-refractivity contribution < 1.29 is 18.9 Å². The molecular weight excluding hydrogens is 713 g/mol. The Morgan fingerprint density at radius 1 is 0.310 bits per heavy atom. The molecule has 0 fully saturated rings. The van der Waals surface area contributed by atoms with Crippen LogP contribution in [0, 0.1) is 23.7 Å². The van der Waals surface area contributed by atoms with E-state index < -0.39 is 0 Å². The molecule has 0 saturated heterocycles. The maximum absolute atomic E-state index is 6.63. The van der Waals surface area contributed by atoms with E-state index >= 15 is 0 Å². The molecule has 0 spiro atoms. The zero-order valence-electron chi connectivity index (χ0n) is 37.5. The van der Waals surface area contributed by atoms with Crippen molar-refractivity contribution in [3.8, 4) is 46.7 Å². The molecule has 4 heteroatoms. The van der Waals surface area contributed by atoms with E-state index in [0.717, 1.165) is 156 Å². The summed E-state index contributed by atoms with van der Waals surface area (Å²) in [5, 5.41) is 6.81. The number of ether oxygens (including phenoxy) is 4. The SMILES string of the molecule is CCCCC#Cc1cc2c(cc1C#CCCCC)c1cc(OCCCCCC)c(OCCCCCC)cc1c1cc(OCCCCCC)c(OCCCCCC)cc21. The second kappa shape index (κ2) is 27.6. The van der Waals surface area contributed by atoms with Gasteiger partial charge in [0.05, 0.1) is 26.4 Å². The first-order valence-corrected chi connectivity index (χ1v) is 23.6. The molecule has 0 heterocycles. The highest BCUT2D eigenvalue weighted by Gasteiger charge is 2.19. The van der Waals surface area contributed by atoms with Crippen LogP contribution in [-0.4, -0.2) is 26.4 Å². The third-order valence-corrected chi connectivity index (χ3v) is 11.0. The summed E-state index contributed by atoms with van der Waals surface area (Å²) in [5.41, 5.74) is 1.98. The Labute approximate surface area is 353 Å².